The van der Waals surface area contributed by atoms with Gasteiger partial charge < -0.3 is 25.8 Å². The summed E-state index contributed by atoms with van der Waals surface area (Å²) >= 11 is 0. The van der Waals surface area contributed by atoms with Crippen molar-refractivity contribution in [2.75, 3.05) is 6.54 Å². The number of ketones is 1. The highest BCUT2D eigenvalue weighted by Crippen LogP contribution is 2.16. The highest BCUT2D eigenvalue weighted by Gasteiger charge is 2.28. The number of amides is 3. The Morgan fingerprint density at radius 2 is 1.47 bits per heavy atom. The smallest absolute Gasteiger partial charge is 0.408 e. The Morgan fingerprint density at radius 1 is 0.868 bits per heavy atom. The second-order valence-electron chi connectivity index (χ2n) is 10.1. The number of rotatable bonds is 14. The van der Waals surface area contributed by atoms with Crippen molar-refractivity contribution in [3.8, 4) is 0 Å². The summed E-state index contributed by atoms with van der Waals surface area (Å²) in [6.45, 7) is 5.71. The van der Waals surface area contributed by atoms with Crippen LogP contribution in [-0.4, -0.2) is 42.1 Å². The lowest BCUT2D eigenvalue weighted by Crippen LogP contribution is -2.44. The Labute approximate surface area is 224 Å². The van der Waals surface area contributed by atoms with Crippen molar-refractivity contribution >= 4 is 23.9 Å². The molecule has 9 nitrogen and oxygen atoms in total. The minimum Gasteiger partial charge on any atom is -0.445 e. The standard InChI is InChI=1S/C29H39N3O6/c1-29(2,3)38-28(36)32-24(25(33)19-23(26(30)34)18-21-12-6-4-7-13-21)16-10-11-17-31-27(35)37-20-22-14-8-5-9-15-22/h4-9,12-15,23-24H,10-11,16-20H2,1-3H3,(H2,30,34)(H,31,35)(H,32,36)/t23-,24+/m1/s1. The van der Waals surface area contributed by atoms with E-state index < -0.39 is 35.7 Å². The molecule has 9 heteroatoms. The summed E-state index contributed by atoms with van der Waals surface area (Å²) in [6.07, 6.45) is 0.394. The van der Waals surface area contributed by atoms with Gasteiger partial charge in [0, 0.05) is 18.9 Å². The second-order valence-corrected chi connectivity index (χ2v) is 10.1. The average molecular weight is 526 g/mol. The van der Waals surface area contributed by atoms with Crippen molar-refractivity contribution in [2.45, 2.75) is 71.1 Å². The number of alkyl carbamates (subject to hydrolysis) is 2. The van der Waals surface area contributed by atoms with Crippen LogP contribution in [0.3, 0.4) is 0 Å². The fraction of sp³-hybridized carbons (Fsp3) is 0.448. The third-order valence-electron chi connectivity index (χ3n) is 5.66. The molecule has 0 aliphatic heterocycles. The lowest BCUT2D eigenvalue weighted by Gasteiger charge is -2.24. The van der Waals surface area contributed by atoms with Gasteiger partial charge in [0.05, 0.1) is 6.04 Å². The Kier molecular flexibility index (Phi) is 12.3. The van der Waals surface area contributed by atoms with Crippen LogP contribution in [0.1, 0.15) is 57.6 Å². The average Bonchev–Trinajstić information content (AvgIpc) is 2.86. The van der Waals surface area contributed by atoms with Crippen molar-refractivity contribution in [3.63, 3.8) is 0 Å². The number of nitrogens with one attached hydrogen (secondary N) is 2. The number of primary amides is 1. The van der Waals surface area contributed by atoms with Crippen molar-refractivity contribution in [2.24, 2.45) is 11.7 Å². The van der Waals surface area contributed by atoms with E-state index in [1.165, 1.54) is 0 Å². The predicted molar refractivity (Wildman–Crippen MR) is 144 cm³/mol. The summed E-state index contributed by atoms with van der Waals surface area (Å²) in [5, 5.41) is 5.33. The largest absolute Gasteiger partial charge is 0.445 e. The van der Waals surface area contributed by atoms with Crippen LogP contribution in [0.2, 0.25) is 0 Å². The van der Waals surface area contributed by atoms with E-state index in [-0.39, 0.29) is 18.8 Å². The lowest BCUT2D eigenvalue weighted by molar-refractivity contribution is -0.128. The number of nitrogens with two attached hydrogens (primary N) is 1. The van der Waals surface area contributed by atoms with E-state index >= 15 is 0 Å². The summed E-state index contributed by atoms with van der Waals surface area (Å²) in [5.74, 6) is -1.57. The number of Topliss-reactive ketones (excluding diaryl/α,β-unsaturated/α-hetero) is 1. The number of carbonyl (C=O) groups is 4. The van der Waals surface area contributed by atoms with Crippen LogP contribution in [0.25, 0.3) is 0 Å². The number of ether oxygens (including phenoxy) is 2. The van der Waals surface area contributed by atoms with Gasteiger partial charge >= 0.3 is 12.2 Å². The number of unbranched alkanes of at least 4 members (excludes halogenated alkanes) is 1. The lowest BCUT2D eigenvalue weighted by atomic mass is 9.90. The van der Waals surface area contributed by atoms with E-state index in [0.717, 1.165) is 11.1 Å². The minimum absolute atomic E-state index is 0.102. The zero-order valence-corrected chi connectivity index (χ0v) is 22.4. The van der Waals surface area contributed by atoms with E-state index in [2.05, 4.69) is 10.6 Å². The van der Waals surface area contributed by atoms with Crippen LogP contribution < -0.4 is 16.4 Å². The van der Waals surface area contributed by atoms with Gasteiger partial charge in [-0.05, 0) is 57.6 Å². The molecule has 0 fully saturated rings. The molecule has 3 amide bonds. The Bertz CT molecular complexity index is 1040. The van der Waals surface area contributed by atoms with Crippen LogP contribution in [0, 0.1) is 5.92 Å². The molecule has 0 spiro atoms. The van der Waals surface area contributed by atoms with Crippen LogP contribution >= 0.6 is 0 Å². The van der Waals surface area contributed by atoms with Gasteiger partial charge in [-0.25, -0.2) is 9.59 Å². The van der Waals surface area contributed by atoms with Crippen LogP contribution in [0.15, 0.2) is 60.7 Å². The third kappa shape index (κ3) is 12.4. The van der Waals surface area contributed by atoms with E-state index in [0.29, 0.717) is 32.2 Å². The van der Waals surface area contributed by atoms with E-state index in [9.17, 15) is 19.2 Å². The van der Waals surface area contributed by atoms with E-state index in [1.54, 1.807) is 20.8 Å². The number of benzene rings is 2. The highest BCUT2D eigenvalue weighted by molar-refractivity contribution is 5.91. The van der Waals surface area contributed by atoms with Gasteiger partial charge in [0.25, 0.3) is 0 Å². The Balaban J connectivity index is 1.88. The molecule has 2 rings (SSSR count). The number of hydrogen-bond acceptors (Lipinski definition) is 6. The molecule has 0 aromatic heterocycles. The van der Waals surface area contributed by atoms with Gasteiger partial charge in [-0.15, -0.1) is 0 Å². The SMILES string of the molecule is CC(C)(C)OC(=O)N[C@@H](CCCCNC(=O)OCc1ccccc1)C(=O)C[C@@H](Cc1ccccc1)C(N)=O. The molecule has 0 aliphatic rings. The fourth-order valence-corrected chi connectivity index (χ4v) is 3.76. The maximum absolute atomic E-state index is 13.2. The molecule has 0 bridgehead atoms. The Morgan fingerprint density at radius 3 is 2.05 bits per heavy atom. The molecule has 2 aromatic carbocycles. The molecule has 2 aromatic rings. The first-order valence-corrected chi connectivity index (χ1v) is 12.8. The first-order valence-electron chi connectivity index (χ1n) is 12.8. The minimum atomic E-state index is -0.854. The molecule has 206 valence electrons. The van der Waals surface area contributed by atoms with E-state index in [1.807, 2.05) is 60.7 Å². The third-order valence-corrected chi connectivity index (χ3v) is 5.66. The van der Waals surface area contributed by atoms with Gasteiger partial charge in [-0.2, -0.15) is 0 Å². The summed E-state index contributed by atoms with van der Waals surface area (Å²) in [4.78, 5) is 49.6. The monoisotopic (exact) mass is 525 g/mol. The summed E-state index contributed by atoms with van der Waals surface area (Å²) in [7, 11) is 0. The molecule has 0 saturated heterocycles. The number of carbonyl (C=O) groups excluding carboxylic acids is 4. The molecule has 38 heavy (non-hydrogen) atoms. The molecule has 0 unspecified atom stereocenters. The van der Waals surface area contributed by atoms with Gasteiger partial charge in [-0.1, -0.05) is 60.7 Å². The van der Waals surface area contributed by atoms with Crippen LogP contribution in [-0.2, 0) is 32.1 Å². The van der Waals surface area contributed by atoms with Crippen molar-refractivity contribution in [1.82, 2.24) is 10.6 Å². The first-order chi connectivity index (χ1) is 18.0. The van der Waals surface area contributed by atoms with E-state index in [4.69, 9.17) is 15.2 Å². The zero-order valence-electron chi connectivity index (χ0n) is 22.4. The van der Waals surface area contributed by atoms with Crippen molar-refractivity contribution in [3.05, 3.63) is 71.8 Å². The predicted octanol–water partition coefficient (Wildman–Crippen LogP) is 4.28. The van der Waals surface area contributed by atoms with Gasteiger partial charge in [0.1, 0.15) is 12.2 Å². The molecule has 0 heterocycles. The summed E-state index contributed by atoms with van der Waals surface area (Å²) in [5.41, 5.74) is 6.64. The van der Waals surface area contributed by atoms with Crippen molar-refractivity contribution < 1.29 is 28.7 Å². The van der Waals surface area contributed by atoms with Crippen LogP contribution in [0.5, 0.6) is 0 Å². The highest BCUT2D eigenvalue weighted by atomic mass is 16.6. The molecule has 4 N–H and O–H groups in total. The fourth-order valence-electron chi connectivity index (χ4n) is 3.76. The second kappa shape index (κ2) is 15.4. The number of hydrogen-bond donors (Lipinski definition) is 3. The molecular weight excluding hydrogens is 486 g/mol. The van der Waals surface area contributed by atoms with Crippen molar-refractivity contribution in [1.29, 1.82) is 0 Å². The maximum atomic E-state index is 13.2. The topological polar surface area (TPSA) is 137 Å². The summed E-state index contributed by atoms with van der Waals surface area (Å²) in [6, 6.07) is 17.8. The Hall–Kier alpha value is -3.88. The van der Waals surface area contributed by atoms with Gasteiger partial charge in [0.15, 0.2) is 5.78 Å². The summed E-state index contributed by atoms with van der Waals surface area (Å²) < 4.78 is 10.5. The molecular formula is C29H39N3O6. The maximum Gasteiger partial charge on any atom is 0.408 e. The normalized spacial score (nSPS) is 12.6. The molecule has 0 saturated carbocycles. The molecule has 0 aliphatic carbocycles. The zero-order chi connectivity index (χ0) is 28.0. The quantitative estimate of drug-likeness (QED) is 0.315. The van der Waals surface area contributed by atoms with Gasteiger partial charge in [-0.3, -0.25) is 9.59 Å². The van der Waals surface area contributed by atoms with Gasteiger partial charge in [0.2, 0.25) is 5.91 Å². The molecule has 0 radical (unpaired) electrons. The van der Waals surface area contributed by atoms with Crippen LogP contribution in [0.4, 0.5) is 9.59 Å². The molecule has 2 atom stereocenters. The first kappa shape index (κ1) is 30.3.